The summed E-state index contributed by atoms with van der Waals surface area (Å²) in [5.74, 6) is 1.35. The van der Waals surface area contributed by atoms with Gasteiger partial charge in [0.25, 0.3) is 0 Å². The molecule has 1 heterocycles. The molecule has 0 unspecified atom stereocenters. The van der Waals surface area contributed by atoms with Crippen LogP contribution in [-0.2, 0) is 11.3 Å². The highest BCUT2D eigenvalue weighted by Crippen LogP contribution is 2.31. The molecular formula is C15H19ClN2O3. The Bertz CT molecular complexity index is 572. The molecule has 0 amide bonds. The summed E-state index contributed by atoms with van der Waals surface area (Å²) in [6.07, 6.45) is 1.44. The van der Waals surface area contributed by atoms with Crippen molar-refractivity contribution in [1.29, 1.82) is 0 Å². The Morgan fingerprint density at radius 1 is 1.38 bits per heavy atom. The van der Waals surface area contributed by atoms with Crippen molar-refractivity contribution in [2.45, 2.75) is 13.5 Å². The largest absolute Gasteiger partial charge is 0.495 e. The smallest absolute Gasteiger partial charge is 0.181 e. The van der Waals surface area contributed by atoms with E-state index < -0.39 is 0 Å². The zero-order chi connectivity index (χ0) is 15.1. The Hall–Kier alpha value is -1.56. The van der Waals surface area contributed by atoms with Crippen LogP contribution < -0.4 is 10.1 Å². The summed E-state index contributed by atoms with van der Waals surface area (Å²) in [6.45, 7) is 4.76. The van der Waals surface area contributed by atoms with Crippen LogP contribution in [0.5, 0.6) is 5.75 Å². The van der Waals surface area contributed by atoms with Gasteiger partial charge in [0.1, 0.15) is 11.4 Å². The molecule has 0 atom stereocenters. The van der Waals surface area contributed by atoms with E-state index >= 15 is 0 Å². The second-order valence-electron chi connectivity index (χ2n) is 4.35. The van der Waals surface area contributed by atoms with Crippen molar-refractivity contribution in [1.82, 2.24) is 10.3 Å². The van der Waals surface area contributed by atoms with Crippen LogP contribution in [0.4, 0.5) is 0 Å². The first kappa shape index (κ1) is 15.8. The molecule has 1 aromatic carbocycles. The average Bonchev–Trinajstić information content (AvgIpc) is 2.95. The lowest BCUT2D eigenvalue weighted by Gasteiger charge is -2.06. The summed E-state index contributed by atoms with van der Waals surface area (Å²) in [6, 6.07) is 5.52. The van der Waals surface area contributed by atoms with E-state index in [4.69, 9.17) is 25.5 Å². The molecular weight excluding hydrogens is 292 g/mol. The summed E-state index contributed by atoms with van der Waals surface area (Å²) in [5, 5.41) is 3.81. The molecule has 21 heavy (non-hydrogen) atoms. The molecule has 0 aliphatic carbocycles. The van der Waals surface area contributed by atoms with Crippen LogP contribution in [0.1, 0.15) is 12.6 Å². The second-order valence-corrected chi connectivity index (χ2v) is 4.76. The van der Waals surface area contributed by atoms with Crippen molar-refractivity contribution in [3.63, 3.8) is 0 Å². The van der Waals surface area contributed by atoms with Gasteiger partial charge in [-0.05, 0) is 25.1 Å². The van der Waals surface area contributed by atoms with E-state index in [0.717, 1.165) is 24.4 Å². The van der Waals surface area contributed by atoms with E-state index in [1.165, 1.54) is 6.39 Å². The highest BCUT2D eigenvalue weighted by Gasteiger charge is 2.12. The van der Waals surface area contributed by atoms with Gasteiger partial charge in [-0.15, -0.1) is 0 Å². The SMILES string of the molecule is CCOCCNCc1ncoc1-c1ccc(OC)c(Cl)c1. The van der Waals surface area contributed by atoms with Gasteiger partial charge >= 0.3 is 0 Å². The minimum Gasteiger partial charge on any atom is -0.495 e. The predicted molar refractivity (Wildman–Crippen MR) is 81.7 cm³/mol. The number of oxazole rings is 1. The van der Waals surface area contributed by atoms with Gasteiger partial charge < -0.3 is 19.2 Å². The van der Waals surface area contributed by atoms with Crippen molar-refractivity contribution in [3.05, 3.63) is 35.3 Å². The van der Waals surface area contributed by atoms with Crippen LogP contribution in [0.2, 0.25) is 5.02 Å². The highest BCUT2D eigenvalue weighted by atomic mass is 35.5. The van der Waals surface area contributed by atoms with Crippen LogP contribution in [0.3, 0.4) is 0 Å². The summed E-state index contributed by atoms with van der Waals surface area (Å²) in [7, 11) is 1.59. The number of nitrogens with one attached hydrogen (secondary N) is 1. The van der Waals surface area contributed by atoms with Gasteiger partial charge in [0.05, 0.1) is 18.7 Å². The molecule has 0 radical (unpaired) electrons. The first-order chi connectivity index (χ1) is 10.3. The van der Waals surface area contributed by atoms with Gasteiger partial charge in [-0.25, -0.2) is 4.98 Å². The summed E-state index contributed by atoms with van der Waals surface area (Å²) >= 11 is 6.14. The van der Waals surface area contributed by atoms with Crippen molar-refractivity contribution >= 4 is 11.6 Å². The first-order valence-corrected chi connectivity index (χ1v) is 7.18. The summed E-state index contributed by atoms with van der Waals surface area (Å²) < 4.78 is 15.9. The topological polar surface area (TPSA) is 56.5 Å². The second kappa shape index (κ2) is 8.02. The molecule has 0 spiro atoms. The minimum absolute atomic E-state index is 0.543. The zero-order valence-electron chi connectivity index (χ0n) is 12.2. The molecule has 6 heteroatoms. The van der Waals surface area contributed by atoms with E-state index in [2.05, 4.69) is 10.3 Å². The number of halogens is 1. The maximum Gasteiger partial charge on any atom is 0.181 e. The van der Waals surface area contributed by atoms with E-state index in [0.29, 0.717) is 29.7 Å². The number of hydrogen-bond acceptors (Lipinski definition) is 5. The quantitative estimate of drug-likeness (QED) is 0.759. The number of rotatable bonds is 8. The van der Waals surface area contributed by atoms with Crippen LogP contribution in [0, 0.1) is 0 Å². The standard InChI is InChI=1S/C15H19ClN2O3/c1-3-20-7-6-17-9-13-15(21-10-18-13)11-4-5-14(19-2)12(16)8-11/h4-5,8,10,17H,3,6-7,9H2,1-2H3. The van der Waals surface area contributed by atoms with E-state index in [1.54, 1.807) is 7.11 Å². The Morgan fingerprint density at radius 3 is 2.95 bits per heavy atom. The summed E-state index contributed by atoms with van der Waals surface area (Å²) in [5.41, 5.74) is 1.72. The third-order valence-electron chi connectivity index (χ3n) is 2.97. The van der Waals surface area contributed by atoms with Gasteiger partial charge in [0.15, 0.2) is 12.2 Å². The van der Waals surface area contributed by atoms with Crippen LogP contribution >= 0.6 is 11.6 Å². The number of nitrogens with zero attached hydrogens (tertiary/aromatic N) is 1. The van der Waals surface area contributed by atoms with Gasteiger partial charge in [0.2, 0.25) is 0 Å². The molecule has 1 aromatic heterocycles. The Balaban J connectivity index is 2.04. The number of aromatic nitrogens is 1. The normalized spacial score (nSPS) is 10.8. The van der Waals surface area contributed by atoms with Crippen LogP contribution in [0.15, 0.2) is 29.0 Å². The van der Waals surface area contributed by atoms with Gasteiger partial charge in [-0.3, -0.25) is 0 Å². The zero-order valence-corrected chi connectivity index (χ0v) is 12.9. The summed E-state index contributed by atoms with van der Waals surface area (Å²) in [4.78, 5) is 4.24. The van der Waals surface area contributed by atoms with Crippen LogP contribution in [-0.4, -0.2) is 31.9 Å². The maximum absolute atomic E-state index is 6.14. The minimum atomic E-state index is 0.543. The fourth-order valence-electron chi connectivity index (χ4n) is 1.93. The van der Waals surface area contributed by atoms with Gasteiger partial charge in [-0.2, -0.15) is 0 Å². The monoisotopic (exact) mass is 310 g/mol. The number of ether oxygens (including phenoxy) is 2. The Morgan fingerprint density at radius 2 is 2.24 bits per heavy atom. The third-order valence-corrected chi connectivity index (χ3v) is 3.27. The maximum atomic E-state index is 6.14. The van der Waals surface area contributed by atoms with E-state index in [1.807, 2.05) is 25.1 Å². The van der Waals surface area contributed by atoms with Crippen LogP contribution in [0.25, 0.3) is 11.3 Å². The molecule has 0 bridgehead atoms. The van der Waals surface area contributed by atoms with E-state index in [9.17, 15) is 0 Å². The Labute approximate surface area is 129 Å². The van der Waals surface area contributed by atoms with Gasteiger partial charge in [0, 0.05) is 25.3 Å². The fourth-order valence-corrected chi connectivity index (χ4v) is 2.19. The number of methoxy groups -OCH3 is 1. The molecule has 0 saturated carbocycles. The van der Waals surface area contributed by atoms with E-state index in [-0.39, 0.29) is 0 Å². The molecule has 2 aromatic rings. The molecule has 0 aliphatic heterocycles. The Kier molecular flexibility index (Phi) is 6.04. The van der Waals surface area contributed by atoms with Crippen molar-refractivity contribution in [3.8, 4) is 17.1 Å². The molecule has 1 N–H and O–H groups in total. The number of benzene rings is 1. The fraction of sp³-hybridized carbons (Fsp3) is 0.400. The first-order valence-electron chi connectivity index (χ1n) is 6.81. The van der Waals surface area contributed by atoms with Crippen molar-refractivity contribution in [2.24, 2.45) is 0 Å². The lowest BCUT2D eigenvalue weighted by atomic mass is 10.1. The molecule has 0 fully saturated rings. The molecule has 2 rings (SSSR count). The lowest BCUT2D eigenvalue weighted by molar-refractivity contribution is 0.149. The highest BCUT2D eigenvalue weighted by molar-refractivity contribution is 6.32. The molecule has 114 valence electrons. The molecule has 0 saturated heterocycles. The molecule has 5 nitrogen and oxygen atoms in total. The lowest BCUT2D eigenvalue weighted by Crippen LogP contribution is -2.19. The third kappa shape index (κ3) is 4.20. The van der Waals surface area contributed by atoms with Crippen molar-refractivity contribution in [2.75, 3.05) is 26.9 Å². The molecule has 0 aliphatic rings. The van der Waals surface area contributed by atoms with Gasteiger partial charge in [-0.1, -0.05) is 11.6 Å². The van der Waals surface area contributed by atoms with Crippen molar-refractivity contribution < 1.29 is 13.9 Å². The number of hydrogen-bond donors (Lipinski definition) is 1. The average molecular weight is 311 g/mol. The predicted octanol–water partition coefficient (Wildman–Crippen LogP) is 3.13.